The number of aryl methyl sites for hydroxylation is 1. The Morgan fingerprint density at radius 3 is 2.63 bits per heavy atom. The highest BCUT2D eigenvalue weighted by Crippen LogP contribution is 2.29. The molecule has 0 saturated heterocycles. The first-order chi connectivity index (χ1) is 9.19. The number of hydrogen-bond acceptors (Lipinski definition) is 3. The van der Waals surface area contributed by atoms with Crippen LogP contribution in [0.1, 0.15) is 43.2 Å². The topological polar surface area (TPSA) is 41.5 Å². The van der Waals surface area contributed by atoms with E-state index in [0.717, 1.165) is 25.1 Å². The number of aliphatic hydroxyl groups excluding tert-OH is 1. The van der Waals surface area contributed by atoms with Crippen LogP contribution in [0.15, 0.2) is 18.2 Å². The molecule has 106 valence electrons. The highest BCUT2D eigenvalue weighted by atomic mass is 16.5. The Balaban J connectivity index is 2.06. The van der Waals surface area contributed by atoms with Crippen LogP contribution in [0.4, 0.5) is 0 Å². The van der Waals surface area contributed by atoms with Gasteiger partial charge in [-0.25, -0.2) is 0 Å². The van der Waals surface area contributed by atoms with E-state index in [-0.39, 0.29) is 12.1 Å². The minimum Gasteiger partial charge on any atom is -0.496 e. The van der Waals surface area contributed by atoms with E-state index in [2.05, 4.69) is 24.4 Å². The fourth-order valence-electron chi connectivity index (χ4n) is 2.95. The van der Waals surface area contributed by atoms with Crippen molar-refractivity contribution in [3.05, 3.63) is 29.3 Å². The van der Waals surface area contributed by atoms with Crippen molar-refractivity contribution in [1.82, 2.24) is 5.32 Å². The summed E-state index contributed by atoms with van der Waals surface area (Å²) in [4.78, 5) is 0. The third-order valence-electron chi connectivity index (χ3n) is 4.20. The number of benzene rings is 1. The second-order valence-electron chi connectivity index (χ2n) is 5.67. The van der Waals surface area contributed by atoms with Crippen LogP contribution in [-0.2, 0) is 6.54 Å². The molecule has 0 unspecified atom stereocenters. The van der Waals surface area contributed by atoms with Gasteiger partial charge in [0.2, 0.25) is 0 Å². The molecule has 2 rings (SSSR count). The summed E-state index contributed by atoms with van der Waals surface area (Å²) < 4.78 is 5.40. The van der Waals surface area contributed by atoms with Gasteiger partial charge in [-0.1, -0.05) is 37.0 Å². The first kappa shape index (κ1) is 14.4. The third kappa shape index (κ3) is 3.48. The molecule has 0 bridgehead atoms. The zero-order valence-electron chi connectivity index (χ0n) is 12.0. The van der Waals surface area contributed by atoms with Gasteiger partial charge in [0, 0.05) is 17.6 Å². The van der Waals surface area contributed by atoms with Gasteiger partial charge >= 0.3 is 0 Å². The van der Waals surface area contributed by atoms with Gasteiger partial charge in [-0.15, -0.1) is 0 Å². The van der Waals surface area contributed by atoms with E-state index in [1.165, 1.54) is 30.4 Å². The van der Waals surface area contributed by atoms with Gasteiger partial charge in [0.25, 0.3) is 0 Å². The fourth-order valence-corrected chi connectivity index (χ4v) is 2.95. The van der Waals surface area contributed by atoms with Gasteiger partial charge in [-0.05, 0) is 25.8 Å². The van der Waals surface area contributed by atoms with Crippen LogP contribution in [0.5, 0.6) is 5.75 Å². The van der Waals surface area contributed by atoms with E-state index in [9.17, 15) is 5.11 Å². The molecule has 0 spiro atoms. The van der Waals surface area contributed by atoms with Crippen molar-refractivity contribution in [3.8, 4) is 5.75 Å². The van der Waals surface area contributed by atoms with Gasteiger partial charge in [-0.3, -0.25) is 0 Å². The maximum Gasteiger partial charge on any atom is 0.123 e. The van der Waals surface area contributed by atoms with Crippen molar-refractivity contribution in [1.29, 1.82) is 0 Å². The van der Waals surface area contributed by atoms with Crippen LogP contribution in [0.25, 0.3) is 0 Å². The van der Waals surface area contributed by atoms with Crippen molar-refractivity contribution < 1.29 is 9.84 Å². The van der Waals surface area contributed by atoms with Crippen molar-refractivity contribution in [2.45, 2.75) is 51.1 Å². The van der Waals surface area contributed by atoms with Crippen LogP contribution in [0, 0.1) is 6.92 Å². The molecule has 19 heavy (non-hydrogen) atoms. The molecule has 1 aromatic rings. The Morgan fingerprint density at radius 1 is 1.26 bits per heavy atom. The number of hydrogen-bond donors (Lipinski definition) is 2. The average molecular weight is 263 g/mol. The number of rotatable bonds is 5. The molecule has 3 nitrogen and oxygen atoms in total. The molecule has 1 aliphatic carbocycles. The summed E-state index contributed by atoms with van der Waals surface area (Å²) in [5, 5.41) is 13.3. The maximum absolute atomic E-state index is 9.71. The average Bonchev–Trinajstić information content (AvgIpc) is 2.46. The number of aliphatic hydroxyl groups is 1. The number of nitrogens with one attached hydrogen (secondary N) is 1. The Morgan fingerprint density at radius 2 is 2.00 bits per heavy atom. The summed E-state index contributed by atoms with van der Waals surface area (Å²) in [6, 6.07) is 6.23. The normalized spacial score (nSPS) is 18.3. The Hall–Kier alpha value is -1.06. The van der Waals surface area contributed by atoms with Crippen LogP contribution in [-0.4, -0.2) is 24.4 Å². The molecule has 3 heteroatoms. The summed E-state index contributed by atoms with van der Waals surface area (Å²) >= 11 is 0. The van der Waals surface area contributed by atoms with Crippen molar-refractivity contribution >= 4 is 0 Å². The minimum absolute atomic E-state index is 0.0903. The van der Waals surface area contributed by atoms with E-state index in [4.69, 9.17) is 4.74 Å². The van der Waals surface area contributed by atoms with Gasteiger partial charge < -0.3 is 15.2 Å². The molecule has 1 aliphatic rings. The molecule has 1 fully saturated rings. The Bertz CT molecular complexity index is 411. The molecule has 2 N–H and O–H groups in total. The predicted octanol–water partition coefficient (Wildman–Crippen LogP) is 2.79. The van der Waals surface area contributed by atoms with Gasteiger partial charge in [0.05, 0.1) is 13.7 Å². The minimum atomic E-state index is -0.0903. The Kier molecular flexibility index (Phi) is 4.83. The van der Waals surface area contributed by atoms with Crippen molar-refractivity contribution in [2.24, 2.45) is 0 Å². The highest BCUT2D eigenvalue weighted by Gasteiger charge is 2.30. The molecule has 0 aliphatic heterocycles. The third-order valence-corrected chi connectivity index (χ3v) is 4.20. The van der Waals surface area contributed by atoms with Crippen LogP contribution in [0.3, 0.4) is 0 Å². The van der Waals surface area contributed by atoms with E-state index in [0.29, 0.717) is 0 Å². The standard InChI is InChI=1S/C16H25NO2/c1-13-6-7-15(19-2)14(10-13)11-17-16(12-18)8-4-3-5-9-16/h6-7,10,17-18H,3-5,8-9,11-12H2,1-2H3. The van der Waals surface area contributed by atoms with Gasteiger partial charge in [-0.2, -0.15) is 0 Å². The molecule has 0 aromatic heterocycles. The van der Waals surface area contributed by atoms with Crippen molar-refractivity contribution in [3.63, 3.8) is 0 Å². The molecule has 0 atom stereocenters. The number of methoxy groups -OCH3 is 1. The second-order valence-corrected chi connectivity index (χ2v) is 5.67. The quantitative estimate of drug-likeness (QED) is 0.858. The molecule has 0 amide bonds. The van der Waals surface area contributed by atoms with E-state index < -0.39 is 0 Å². The molecular weight excluding hydrogens is 238 g/mol. The lowest BCUT2D eigenvalue weighted by Gasteiger charge is -2.37. The lowest BCUT2D eigenvalue weighted by atomic mass is 9.82. The first-order valence-electron chi connectivity index (χ1n) is 7.18. The Labute approximate surface area is 116 Å². The maximum atomic E-state index is 9.71. The molecule has 1 aromatic carbocycles. The molecule has 1 saturated carbocycles. The first-order valence-corrected chi connectivity index (χ1v) is 7.18. The summed E-state index contributed by atoms with van der Waals surface area (Å²) in [5.74, 6) is 0.919. The monoisotopic (exact) mass is 263 g/mol. The second kappa shape index (κ2) is 6.40. The summed E-state index contributed by atoms with van der Waals surface area (Å²) in [6.07, 6.45) is 5.84. The lowest BCUT2D eigenvalue weighted by molar-refractivity contribution is 0.119. The zero-order valence-corrected chi connectivity index (χ0v) is 12.0. The van der Waals surface area contributed by atoms with Gasteiger partial charge in [0.1, 0.15) is 5.75 Å². The van der Waals surface area contributed by atoms with Crippen LogP contribution >= 0.6 is 0 Å². The smallest absolute Gasteiger partial charge is 0.123 e. The van der Waals surface area contributed by atoms with Gasteiger partial charge in [0.15, 0.2) is 0 Å². The number of ether oxygens (including phenoxy) is 1. The van der Waals surface area contributed by atoms with E-state index in [1.807, 2.05) is 6.07 Å². The summed E-state index contributed by atoms with van der Waals surface area (Å²) in [6.45, 7) is 3.07. The molecule has 0 heterocycles. The highest BCUT2D eigenvalue weighted by molar-refractivity contribution is 5.36. The van der Waals surface area contributed by atoms with E-state index >= 15 is 0 Å². The fraction of sp³-hybridized carbons (Fsp3) is 0.625. The van der Waals surface area contributed by atoms with Crippen LogP contribution < -0.4 is 10.1 Å². The predicted molar refractivity (Wildman–Crippen MR) is 77.5 cm³/mol. The summed E-state index contributed by atoms with van der Waals surface area (Å²) in [7, 11) is 1.70. The lowest BCUT2D eigenvalue weighted by Crippen LogP contribution is -2.49. The molecular formula is C16H25NO2. The SMILES string of the molecule is COc1ccc(C)cc1CNC1(CO)CCCCC1. The zero-order chi connectivity index (χ0) is 13.7. The molecule has 0 radical (unpaired) electrons. The summed E-state index contributed by atoms with van der Waals surface area (Å²) in [5.41, 5.74) is 2.31. The van der Waals surface area contributed by atoms with E-state index in [1.54, 1.807) is 7.11 Å². The van der Waals surface area contributed by atoms with Crippen LogP contribution in [0.2, 0.25) is 0 Å². The van der Waals surface area contributed by atoms with Crippen molar-refractivity contribution in [2.75, 3.05) is 13.7 Å². The largest absolute Gasteiger partial charge is 0.496 e.